The highest BCUT2D eigenvalue weighted by molar-refractivity contribution is 5.95. The summed E-state index contributed by atoms with van der Waals surface area (Å²) in [6.45, 7) is -0.0314. The number of aryl methyl sites for hydroxylation is 1. The zero-order chi connectivity index (χ0) is 15.6. The van der Waals surface area contributed by atoms with Gasteiger partial charge < -0.3 is 10.5 Å². The number of benzene rings is 1. The van der Waals surface area contributed by atoms with Crippen molar-refractivity contribution in [2.45, 2.75) is 12.8 Å². The minimum Gasteiger partial charge on any atom is -0.488 e. The summed E-state index contributed by atoms with van der Waals surface area (Å²) in [7, 11) is 1.70. The van der Waals surface area contributed by atoms with Crippen molar-refractivity contribution in [1.29, 1.82) is 5.41 Å². The molecule has 2 aromatic rings. The van der Waals surface area contributed by atoms with Crippen LogP contribution in [0.3, 0.4) is 0 Å². The smallest absolute Gasteiger partial charge is 0.419 e. The van der Waals surface area contributed by atoms with Crippen LogP contribution in [0.4, 0.5) is 13.2 Å². The summed E-state index contributed by atoms with van der Waals surface area (Å²) in [5.74, 6) is -0.740. The van der Waals surface area contributed by atoms with Crippen LogP contribution >= 0.6 is 0 Å². The van der Waals surface area contributed by atoms with Gasteiger partial charge in [-0.3, -0.25) is 10.1 Å². The van der Waals surface area contributed by atoms with Crippen molar-refractivity contribution >= 4 is 5.84 Å². The van der Waals surface area contributed by atoms with Crippen LogP contribution in [0, 0.1) is 5.41 Å². The number of nitrogens with zero attached hydrogens (tertiary/aromatic N) is 2. The summed E-state index contributed by atoms with van der Waals surface area (Å²) in [4.78, 5) is 0. The van der Waals surface area contributed by atoms with Crippen LogP contribution in [-0.4, -0.2) is 15.6 Å². The number of hydrogen-bond donors (Lipinski definition) is 2. The summed E-state index contributed by atoms with van der Waals surface area (Å²) in [6.07, 6.45) is -1.43. The molecule has 0 aliphatic carbocycles. The molecule has 0 amide bonds. The largest absolute Gasteiger partial charge is 0.488 e. The molecule has 21 heavy (non-hydrogen) atoms. The highest BCUT2D eigenvalue weighted by atomic mass is 19.4. The monoisotopic (exact) mass is 298 g/mol. The molecule has 1 aromatic carbocycles. The Balaban J connectivity index is 2.27. The summed E-state index contributed by atoms with van der Waals surface area (Å²) >= 11 is 0. The number of ether oxygens (including phenoxy) is 1. The summed E-state index contributed by atoms with van der Waals surface area (Å²) < 4.78 is 45.8. The van der Waals surface area contributed by atoms with Gasteiger partial charge in [0.05, 0.1) is 11.8 Å². The highest BCUT2D eigenvalue weighted by Gasteiger charge is 2.35. The van der Waals surface area contributed by atoms with Gasteiger partial charge in [-0.2, -0.15) is 18.3 Å². The molecule has 0 bridgehead atoms. The van der Waals surface area contributed by atoms with Crippen molar-refractivity contribution in [2.75, 3.05) is 0 Å². The third kappa shape index (κ3) is 3.53. The summed E-state index contributed by atoms with van der Waals surface area (Å²) in [5.41, 5.74) is 4.90. The van der Waals surface area contributed by atoms with Gasteiger partial charge in [-0.15, -0.1) is 0 Å². The van der Waals surface area contributed by atoms with Crippen LogP contribution in [-0.2, 0) is 19.8 Å². The second-order valence-corrected chi connectivity index (χ2v) is 4.43. The fourth-order valence-corrected chi connectivity index (χ4v) is 1.75. The first-order valence-electron chi connectivity index (χ1n) is 5.93. The second kappa shape index (κ2) is 5.47. The number of hydrogen-bond acceptors (Lipinski definition) is 3. The molecular formula is C13H13F3N4O. The molecule has 0 unspecified atom stereocenters. The molecule has 5 nitrogen and oxygen atoms in total. The molecule has 1 heterocycles. The minimum absolute atomic E-state index is 0.00365. The van der Waals surface area contributed by atoms with E-state index in [-0.39, 0.29) is 17.9 Å². The quantitative estimate of drug-likeness (QED) is 0.671. The van der Waals surface area contributed by atoms with Crippen LogP contribution < -0.4 is 10.5 Å². The van der Waals surface area contributed by atoms with E-state index < -0.39 is 17.6 Å². The van der Waals surface area contributed by atoms with Gasteiger partial charge in [0, 0.05) is 24.4 Å². The van der Waals surface area contributed by atoms with E-state index >= 15 is 0 Å². The normalized spacial score (nSPS) is 11.4. The van der Waals surface area contributed by atoms with Crippen molar-refractivity contribution in [3.05, 3.63) is 47.3 Å². The predicted molar refractivity (Wildman–Crippen MR) is 70.0 cm³/mol. The Morgan fingerprint density at radius 3 is 2.67 bits per heavy atom. The lowest BCUT2D eigenvalue weighted by Gasteiger charge is -2.14. The van der Waals surface area contributed by atoms with Gasteiger partial charge in [0.2, 0.25) is 0 Å². The van der Waals surface area contributed by atoms with Crippen molar-refractivity contribution in [3.8, 4) is 5.75 Å². The lowest BCUT2D eigenvalue weighted by Crippen LogP contribution is -2.15. The molecule has 8 heteroatoms. The van der Waals surface area contributed by atoms with Crippen molar-refractivity contribution < 1.29 is 17.9 Å². The molecule has 0 aliphatic heterocycles. The third-order valence-electron chi connectivity index (χ3n) is 2.75. The van der Waals surface area contributed by atoms with Gasteiger partial charge in [-0.05, 0) is 18.2 Å². The Morgan fingerprint density at radius 2 is 2.14 bits per heavy atom. The van der Waals surface area contributed by atoms with E-state index in [1.807, 2.05) is 0 Å². The summed E-state index contributed by atoms with van der Waals surface area (Å²) in [6, 6.07) is 3.28. The van der Waals surface area contributed by atoms with E-state index in [2.05, 4.69) is 5.10 Å². The SMILES string of the molecule is Cn1cc(COc2ccc(C(=N)N)cc2C(F)(F)F)cn1. The van der Waals surface area contributed by atoms with Crippen LogP contribution in [0.5, 0.6) is 5.75 Å². The number of nitrogens with two attached hydrogens (primary N) is 1. The molecule has 0 saturated carbocycles. The fraction of sp³-hybridized carbons (Fsp3) is 0.231. The molecular weight excluding hydrogens is 285 g/mol. The third-order valence-corrected chi connectivity index (χ3v) is 2.75. The van der Waals surface area contributed by atoms with E-state index in [1.165, 1.54) is 16.9 Å². The maximum Gasteiger partial charge on any atom is 0.419 e. The van der Waals surface area contributed by atoms with Gasteiger partial charge >= 0.3 is 6.18 Å². The number of alkyl halides is 3. The predicted octanol–water partition coefficient (Wildman–Crippen LogP) is 2.30. The van der Waals surface area contributed by atoms with Crippen molar-refractivity contribution in [2.24, 2.45) is 12.8 Å². The molecule has 3 N–H and O–H groups in total. The molecule has 0 aliphatic rings. The number of rotatable bonds is 4. The Labute approximate surface area is 118 Å². The first-order chi connectivity index (χ1) is 9.77. The molecule has 2 rings (SSSR count). The Bertz CT molecular complexity index is 664. The number of amidine groups is 1. The van der Waals surface area contributed by atoms with Gasteiger partial charge in [-0.1, -0.05) is 0 Å². The molecule has 0 spiro atoms. The van der Waals surface area contributed by atoms with E-state index in [0.717, 1.165) is 12.1 Å². The van der Waals surface area contributed by atoms with Crippen LogP contribution in [0.25, 0.3) is 0 Å². The lowest BCUT2D eigenvalue weighted by molar-refractivity contribution is -0.139. The zero-order valence-corrected chi connectivity index (χ0v) is 11.1. The van der Waals surface area contributed by atoms with Gasteiger partial charge in [0.25, 0.3) is 0 Å². The lowest BCUT2D eigenvalue weighted by atomic mass is 10.1. The molecule has 0 saturated heterocycles. The number of nitrogens with one attached hydrogen (secondary N) is 1. The van der Waals surface area contributed by atoms with Gasteiger partial charge in [0.1, 0.15) is 18.2 Å². The number of halogens is 3. The average Bonchev–Trinajstić information content (AvgIpc) is 2.81. The van der Waals surface area contributed by atoms with Crippen LogP contribution in [0.2, 0.25) is 0 Å². The van der Waals surface area contributed by atoms with E-state index in [9.17, 15) is 13.2 Å². The summed E-state index contributed by atoms with van der Waals surface area (Å²) in [5, 5.41) is 11.1. The maximum atomic E-state index is 13.0. The maximum absolute atomic E-state index is 13.0. The first kappa shape index (κ1) is 14.9. The Morgan fingerprint density at radius 1 is 1.43 bits per heavy atom. The molecule has 0 atom stereocenters. The van der Waals surface area contributed by atoms with Crippen molar-refractivity contribution in [3.63, 3.8) is 0 Å². The first-order valence-corrected chi connectivity index (χ1v) is 5.93. The fourth-order valence-electron chi connectivity index (χ4n) is 1.75. The molecule has 0 radical (unpaired) electrons. The van der Waals surface area contributed by atoms with Crippen LogP contribution in [0.15, 0.2) is 30.6 Å². The van der Waals surface area contributed by atoms with Gasteiger partial charge in [-0.25, -0.2) is 0 Å². The molecule has 0 fully saturated rings. The second-order valence-electron chi connectivity index (χ2n) is 4.43. The number of aromatic nitrogens is 2. The Hall–Kier alpha value is -2.51. The number of nitrogen functional groups attached to an aromatic ring is 1. The topological polar surface area (TPSA) is 76.9 Å². The zero-order valence-electron chi connectivity index (χ0n) is 11.1. The minimum atomic E-state index is -4.59. The molecule has 1 aromatic heterocycles. The average molecular weight is 298 g/mol. The highest BCUT2D eigenvalue weighted by Crippen LogP contribution is 2.37. The van der Waals surface area contributed by atoms with E-state index in [1.54, 1.807) is 13.2 Å². The van der Waals surface area contributed by atoms with E-state index in [0.29, 0.717) is 5.56 Å². The van der Waals surface area contributed by atoms with Crippen LogP contribution in [0.1, 0.15) is 16.7 Å². The Kier molecular flexibility index (Phi) is 3.88. The van der Waals surface area contributed by atoms with Gasteiger partial charge in [0.15, 0.2) is 0 Å². The van der Waals surface area contributed by atoms with E-state index in [4.69, 9.17) is 15.9 Å². The standard InChI is InChI=1S/C13H13F3N4O/c1-20-6-8(5-19-20)7-21-11-3-2-9(12(17)18)4-10(11)13(14,15)16/h2-6H,7H2,1H3,(H3,17,18). The van der Waals surface area contributed by atoms with Crippen molar-refractivity contribution in [1.82, 2.24) is 9.78 Å². The molecule has 112 valence electrons.